The van der Waals surface area contributed by atoms with E-state index < -0.39 is 0 Å². The van der Waals surface area contributed by atoms with Crippen LogP contribution in [0.3, 0.4) is 0 Å². The molecule has 0 aromatic heterocycles. The molecule has 3 unspecified atom stereocenters. The Morgan fingerprint density at radius 1 is 0.933 bits per heavy atom. The summed E-state index contributed by atoms with van der Waals surface area (Å²) in [5.41, 5.74) is 0. The van der Waals surface area contributed by atoms with Gasteiger partial charge in [-0.1, -0.05) is 6.92 Å². The zero-order valence-electron chi connectivity index (χ0n) is 10.5. The molecule has 2 heterocycles. The minimum atomic E-state index is 0.683. The topological polar surface area (TPSA) is 15.3 Å². The summed E-state index contributed by atoms with van der Waals surface area (Å²) in [6.45, 7) is 9.71. The number of hydrogen-bond acceptors (Lipinski definition) is 2. The van der Waals surface area contributed by atoms with Crippen LogP contribution in [0.4, 0.5) is 0 Å². The maximum Gasteiger partial charge on any atom is 0.0247 e. The van der Waals surface area contributed by atoms with Crippen LogP contribution in [-0.2, 0) is 0 Å². The van der Waals surface area contributed by atoms with E-state index in [-0.39, 0.29) is 0 Å². The molecule has 0 spiro atoms. The summed E-state index contributed by atoms with van der Waals surface area (Å²) < 4.78 is 0. The SMILES string of the molecule is CC1CCN(C2CCC(C)NC2C)CC1. The van der Waals surface area contributed by atoms with Crippen molar-refractivity contribution in [3.05, 3.63) is 0 Å². The van der Waals surface area contributed by atoms with Gasteiger partial charge < -0.3 is 5.32 Å². The molecule has 1 N–H and O–H groups in total. The third kappa shape index (κ3) is 2.73. The van der Waals surface area contributed by atoms with E-state index >= 15 is 0 Å². The molecule has 2 heteroatoms. The van der Waals surface area contributed by atoms with Crippen molar-refractivity contribution in [3.8, 4) is 0 Å². The molecule has 0 aliphatic carbocycles. The Kier molecular flexibility index (Phi) is 3.68. The van der Waals surface area contributed by atoms with Gasteiger partial charge in [-0.25, -0.2) is 0 Å². The van der Waals surface area contributed by atoms with Gasteiger partial charge in [-0.05, 0) is 58.5 Å². The third-order valence-corrected chi connectivity index (χ3v) is 4.31. The molecule has 2 saturated heterocycles. The Hall–Kier alpha value is -0.0800. The Bertz CT molecular complexity index is 197. The lowest BCUT2D eigenvalue weighted by Gasteiger charge is -2.43. The van der Waals surface area contributed by atoms with Gasteiger partial charge in [0.1, 0.15) is 0 Å². The van der Waals surface area contributed by atoms with E-state index in [2.05, 4.69) is 31.0 Å². The van der Waals surface area contributed by atoms with Crippen molar-refractivity contribution in [1.29, 1.82) is 0 Å². The average molecular weight is 210 g/mol. The number of piperidine rings is 2. The highest BCUT2D eigenvalue weighted by Gasteiger charge is 2.30. The summed E-state index contributed by atoms with van der Waals surface area (Å²) >= 11 is 0. The summed E-state index contributed by atoms with van der Waals surface area (Å²) in [5, 5.41) is 3.70. The van der Waals surface area contributed by atoms with E-state index in [1.165, 1.54) is 38.8 Å². The molecular weight excluding hydrogens is 184 g/mol. The zero-order chi connectivity index (χ0) is 10.8. The number of nitrogens with one attached hydrogen (secondary N) is 1. The number of rotatable bonds is 1. The molecule has 15 heavy (non-hydrogen) atoms. The molecule has 2 aliphatic rings. The highest BCUT2D eigenvalue weighted by atomic mass is 15.2. The van der Waals surface area contributed by atoms with Gasteiger partial charge in [0.25, 0.3) is 0 Å². The Labute approximate surface area is 94.4 Å². The fourth-order valence-electron chi connectivity index (χ4n) is 3.17. The molecule has 2 aliphatic heterocycles. The van der Waals surface area contributed by atoms with E-state index in [0.717, 1.165) is 18.0 Å². The highest BCUT2D eigenvalue weighted by molar-refractivity contribution is 4.90. The van der Waals surface area contributed by atoms with Crippen LogP contribution in [0.25, 0.3) is 0 Å². The first-order chi connectivity index (χ1) is 7.16. The van der Waals surface area contributed by atoms with Gasteiger partial charge in [0.05, 0.1) is 0 Å². The maximum absolute atomic E-state index is 3.70. The van der Waals surface area contributed by atoms with Crippen molar-refractivity contribution in [3.63, 3.8) is 0 Å². The van der Waals surface area contributed by atoms with Crippen molar-refractivity contribution in [2.75, 3.05) is 13.1 Å². The van der Waals surface area contributed by atoms with Crippen LogP contribution in [0.2, 0.25) is 0 Å². The Balaban J connectivity index is 1.87. The second-order valence-corrected chi connectivity index (χ2v) is 5.72. The minimum absolute atomic E-state index is 0.683. The second kappa shape index (κ2) is 4.84. The van der Waals surface area contributed by atoms with Crippen LogP contribution in [0.15, 0.2) is 0 Å². The standard InChI is InChI=1S/C13H26N2/c1-10-6-8-15(9-7-10)13-5-4-11(2)14-12(13)3/h10-14H,4-9H2,1-3H3. The number of hydrogen-bond donors (Lipinski definition) is 1. The van der Waals surface area contributed by atoms with Gasteiger partial charge >= 0.3 is 0 Å². The van der Waals surface area contributed by atoms with Crippen LogP contribution < -0.4 is 5.32 Å². The molecule has 3 atom stereocenters. The summed E-state index contributed by atoms with van der Waals surface area (Å²) in [6.07, 6.45) is 5.54. The quantitative estimate of drug-likeness (QED) is 0.714. The van der Waals surface area contributed by atoms with E-state index in [9.17, 15) is 0 Å². The second-order valence-electron chi connectivity index (χ2n) is 5.72. The Morgan fingerprint density at radius 2 is 1.60 bits per heavy atom. The molecule has 0 saturated carbocycles. The van der Waals surface area contributed by atoms with Crippen LogP contribution in [0.1, 0.15) is 46.5 Å². The van der Waals surface area contributed by atoms with Gasteiger partial charge in [0, 0.05) is 18.1 Å². The summed E-state index contributed by atoms with van der Waals surface area (Å²) in [7, 11) is 0. The van der Waals surface area contributed by atoms with Gasteiger partial charge in [0.15, 0.2) is 0 Å². The lowest BCUT2D eigenvalue weighted by Crippen LogP contribution is -2.56. The smallest absolute Gasteiger partial charge is 0.0247 e. The number of nitrogens with zero attached hydrogens (tertiary/aromatic N) is 1. The predicted octanol–water partition coefficient (Wildman–Crippen LogP) is 2.25. The molecule has 0 aromatic carbocycles. The Morgan fingerprint density at radius 3 is 2.20 bits per heavy atom. The normalized spacial score (nSPS) is 40.6. The molecular formula is C13H26N2. The monoisotopic (exact) mass is 210 g/mol. The van der Waals surface area contributed by atoms with Gasteiger partial charge in [-0.2, -0.15) is 0 Å². The average Bonchev–Trinajstić information content (AvgIpc) is 2.20. The van der Waals surface area contributed by atoms with Crippen molar-refractivity contribution < 1.29 is 0 Å². The fourth-order valence-corrected chi connectivity index (χ4v) is 3.17. The molecule has 0 radical (unpaired) electrons. The first-order valence-electron chi connectivity index (χ1n) is 6.67. The minimum Gasteiger partial charge on any atom is -0.310 e. The number of likely N-dealkylation sites (tertiary alicyclic amines) is 1. The third-order valence-electron chi connectivity index (χ3n) is 4.31. The first-order valence-corrected chi connectivity index (χ1v) is 6.67. The van der Waals surface area contributed by atoms with Gasteiger partial charge in [0.2, 0.25) is 0 Å². The van der Waals surface area contributed by atoms with E-state index in [4.69, 9.17) is 0 Å². The summed E-state index contributed by atoms with van der Waals surface area (Å²) in [4.78, 5) is 2.73. The molecule has 2 nitrogen and oxygen atoms in total. The van der Waals surface area contributed by atoms with Crippen molar-refractivity contribution in [2.45, 2.75) is 64.6 Å². The van der Waals surface area contributed by atoms with Crippen molar-refractivity contribution in [2.24, 2.45) is 5.92 Å². The highest BCUT2D eigenvalue weighted by Crippen LogP contribution is 2.24. The molecule has 2 fully saturated rings. The lowest BCUT2D eigenvalue weighted by atomic mass is 9.90. The van der Waals surface area contributed by atoms with Crippen molar-refractivity contribution in [1.82, 2.24) is 10.2 Å². The van der Waals surface area contributed by atoms with Crippen molar-refractivity contribution >= 4 is 0 Å². The predicted molar refractivity (Wildman–Crippen MR) is 65.1 cm³/mol. The maximum atomic E-state index is 3.70. The molecule has 0 bridgehead atoms. The lowest BCUT2D eigenvalue weighted by molar-refractivity contribution is 0.0855. The molecule has 0 amide bonds. The summed E-state index contributed by atoms with van der Waals surface area (Å²) in [6, 6.07) is 2.20. The fraction of sp³-hybridized carbons (Fsp3) is 1.00. The molecule has 0 aromatic rings. The van der Waals surface area contributed by atoms with Crippen LogP contribution in [-0.4, -0.2) is 36.1 Å². The van der Waals surface area contributed by atoms with Crippen LogP contribution >= 0.6 is 0 Å². The van der Waals surface area contributed by atoms with Gasteiger partial charge in [-0.15, -0.1) is 0 Å². The van der Waals surface area contributed by atoms with E-state index in [0.29, 0.717) is 6.04 Å². The van der Waals surface area contributed by atoms with Crippen LogP contribution in [0, 0.1) is 5.92 Å². The molecule has 2 rings (SSSR count). The van der Waals surface area contributed by atoms with E-state index in [1.54, 1.807) is 0 Å². The first kappa shape index (κ1) is 11.4. The zero-order valence-corrected chi connectivity index (χ0v) is 10.5. The summed E-state index contributed by atoms with van der Waals surface area (Å²) in [5.74, 6) is 0.951. The van der Waals surface area contributed by atoms with E-state index in [1.807, 2.05) is 0 Å². The van der Waals surface area contributed by atoms with Crippen LogP contribution in [0.5, 0.6) is 0 Å². The largest absolute Gasteiger partial charge is 0.310 e. The molecule has 88 valence electrons. The van der Waals surface area contributed by atoms with Gasteiger partial charge in [-0.3, -0.25) is 4.90 Å².